The molecule has 0 amide bonds. The molecule has 4 rings (SSSR count). The van der Waals surface area contributed by atoms with E-state index in [4.69, 9.17) is 5.11 Å². The molecular formula is C24H41NO3. The van der Waals surface area contributed by atoms with Gasteiger partial charge in [-0.2, -0.15) is 0 Å². The predicted molar refractivity (Wildman–Crippen MR) is 112 cm³/mol. The first-order chi connectivity index (χ1) is 13.1. The molecule has 0 aromatic rings. The van der Waals surface area contributed by atoms with Crippen LogP contribution in [0.2, 0.25) is 0 Å². The zero-order valence-electron chi connectivity index (χ0n) is 18.4. The minimum atomic E-state index is -0.968. The van der Waals surface area contributed by atoms with Gasteiger partial charge in [-0.1, -0.05) is 27.2 Å². The number of fused-ring (bicyclic) bond motifs is 5. The van der Waals surface area contributed by atoms with Crippen LogP contribution in [-0.2, 0) is 9.59 Å². The number of ketones is 1. The van der Waals surface area contributed by atoms with E-state index in [0.29, 0.717) is 22.5 Å². The summed E-state index contributed by atoms with van der Waals surface area (Å²) in [5.41, 5.74) is 5.52. The van der Waals surface area contributed by atoms with E-state index in [2.05, 4.69) is 26.5 Å². The first-order valence-electron chi connectivity index (χ1n) is 11.6. The standard InChI is InChI=1S/C22H36O.C2H5NO2/c1-14-9-11-21(3)16(13-14)5-6-17-19-8-7-18(15(2)23)22(19,4)12-10-20(17)21;3-1-2(4)5/h14,16-20H,5-13H2,1-4H3;1,3H2,(H,4,5). The summed E-state index contributed by atoms with van der Waals surface area (Å²) in [4.78, 5) is 21.4. The van der Waals surface area contributed by atoms with Crippen LogP contribution in [-0.4, -0.2) is 23.4 Å². The summed E-state index contributed by atoms with van der Waals surface area (Å²) in [5.74, 6) is 4.53. The fourth-order valence-corrected chi connectivity index (χ4v) is 8.14. The van der Waals surface area contributed by atoms with E-state index in [1.54, 1.807) is 0 Å². The van der Waals surface area contributed by atoms with E-state index < -0.39 is 5.97 Å². The van der Waals surface area contributed by atoms with Crippen molar-refractivity contribution in [2.45, 2.75) is 85.5 Å². The Hall–Kier alpha value is -0.900. The highest BCUT2D eigenvalue weighted by Crippen LogP contribution is 2.67. The zero-order chi connectivity index (χ0) is 20.7. The molecule has 0 aliphatic heterocycles. The van der Waals surface area contributed by atoms with Crippen LogP contribution in [0.1, 0.15) is 85.5 Å². The normalized spacial score (nSPS) is 47.0. The van der Waals surface area contributed by atoms with Gasteiger partial charge in [0.2, 0.25) is 0 Å². The van der Waals surface area contributed by atoms with Gasteiger partial charge in [-0.15, -0.1) is 0 Å². The molecule has 8 unspecified atom stereocenters. The summed E-state index contributed by atoms with van der Waals surface area (Å²) in [6, 6.07) is 0. The Morgan fingerprint density at radius 3 is 2.18 bits per heavy atom. The number of hydrogen-bond acceptors (Lipinski definition) is 3. The smallest absolute Gasteiger partial charge is 0.317 e. The summed E-state index contributed by atoms with van der Waals surface area (Å²) in [7, 11) is 0. The number of nitrogens with two attached hydrogens (primary N) is 1. The molecule has 160 valence electrons. The Morgan fingerprint density at radius 1 is 0.964 bits per heavy atom. The van der Waals surface area contributed by atoms with Crippen LogP contribution in [0.4, 0.5) is 0 Å². The van der Waals surface area contributed by atoms with Gasteiger partial charge >= 0.3 is 5.97 Å². The molecule has 8 atom stereocenters. The Bertz CT molecular complexity index is 605. The lowest BCUT2D eigenvalue weighted by Gasteiger charge is -2.61. The first-order valence-corrected chi connectivity index (χ1v) is 11.6. The van der Waals surface area contributed by atoms with E-state index in [9.17, 15) is 9.59 Å². The number of carbonyl (C=O) groups is 2. The van der Waals surface area contributed by atoms with Crippen molar-refractivity contribution < 1.29 is 14.7 Å². The van der Waals surface area contributed by atoms with Crippen molar-refractivity contribution in [3.63, 3.8) is 0 Å². The van der Waals surface area contributed by atoms with Gasteiger partial charge in [0.05, 0.1) is 6.54 Å². The molecule has 3 N–H and O–H groups in total. The van der Waals surface area contributed by atoms with Crippen LogP contribution in [0.25, 0.3) is 0 Å². The van der Waals surface area contributed by atoms with E-state index in [-0.39, 0.29) is 6.54 Å². The molecule has 4 nitrogen and oxygen atoms in total. The minimum absolute atomic E-state index is 0.278. The molecule has 0 radical (unpaired) electrons. The Morgan fingerprint density at radius 2 is 1.57 bits per heavy atom. The number of aliphatic carboxylic acids is 1. The fourth-order valence-electron chi connectivity index (χ4n) is 8.14. The van der Waals surface area contributed by atoms with Crippen molar-refractivity contribution in [2.75, 3.05) is 6.54 Å². The van der Waals surface area contributed by atoms with Gasteiger partial charge in [0.1, 0.15) is 5.78 Å². The fraction of sp³-hybridized carbons (Fsp3) is 0.917. The van der Waals surface area contributed by atoms with Crippen LogP contribution in [0.5, 0.6) is 0 Å². The minimum Gasteiger partial charge on any atom is -0.480 e. The largest absolute Gasteiger partial charge is 0.480 e. The average molecular weight is 392 g/mol. The lowest BCUT2D eigenvalue weighted by atomic mass is 9.44. The number of carboxylic acids is 1. The third-order valence-corrected chi connectivity index (χ3v) is 9.59. The molecule has 4 heteroatoms. The van der Waals surface area contributed by atoms with E-state index in [1.807, 2.05) is 6.92 Å². The number of rotatable bonds is 2. The average Bonchev–Trinajstić information content (AvgIpc) is 3.00. The first kappa shape index (κ1) is 21.8. The highest BCUT2D eigenvalue weighted by molar-refractivity contribution is 5.79. The highest BCUT2D eigenvalue weighted by atomic mass is 16.4. The number of hydrogen-bond donors (Lipinski definition) is 2. The van der Waals surface area contributed by atoms with E-state index >= 15 is 0 Å². The molecule has 4 fully saturated rings. The number of carbonyl (C=O) groups excluding carboxylic acids is 1. The van der Waals surface area contributed by atoms with Gasteiger partial charge in [0.15, 0.2) is 0 Å². The molecule has 0 spiro atoms. The Labute approximate surface area is 171 Å². The van der Waals surface area contributed by atoms with Gasteiger partial charge in [-0.05, 0) is 98.7 Å². The lowest BCUT2D eigenvalue weighted by molar-refractivity contribution is -0.136. The third kappa shape index (κ3) is 3.66. The predicted octanol–water partition coefficient (Wildman–Crippen LogP) is 4.90. The quantitative estimate of drug-likeness (QED) is 0.701. The maximum absolute atomic E-state index is 12.2. The molecule has 0 aromatic heterocycles. The highest BCUT2D eigenvalue weighted by Gasteiger charge is 2.60. The van der Waals surface area contributed by atoms with Crippen LogP contribution in [0.15, 0.2) is 0 Å². The topological polar surface area (TPSA) is 80.4 Å². The van der Waals surface area contributed by atoms with Crippen molar-refractivity contribution >= 4 is 11.8 Å². The molecule has 0 aromatic carbocycles. The molecule has 0 heterocycles. The monoisotopic (exact) mass is 391 g/mol. The van der Waals surface area contributed by atoms with Crippen molar-refractivity contribution in [1.82, 2.24) is 0 Å². The summed E-state index contributed by atoms with van der Waals surface area (Å²) < 4.78 is 0. The third-order valence-electron chi connectivity index (χ3n) is 9.59. The lowest BCUT2D eigenvalue weighted by Crippen LogP contribution is -2.53. The molecular weight excluding hydrogens is 350 g/mol. The maximum atomic E-state index is 12.2. The summed E-state index contributed by atoms with van der Waals surface area (Å²) in [6.07, 6.45) is 12.6. The van der Waals surface area contributed by atoms with E-state index in [1.165, 1.54) is 57.8 Å². The van der Waals surface area contributed by atoms with Gasteiger partial charge in [0.25, 0.3) is 0 Å². The molecule has 0 bridgehead atoms. The molecule has 4 saturated carbocycles. The van der Waals surface area contributed by atoms with Crippen LogP contribution in [0, 0.1) is 46.3 Å². The Kier molecular flexibility index (Phi) is 6.29. The van der Waals surface area contributed by atoms with Crippen molar-refractivity contribution in [3.8, 4) is 0 Å². The van der Waals surface area contributed by atoms with Gasteiger partial charge in [-0.25, -0.2) is 0 Å². The van der Waals surface area contributed by atoms with Gasteiger partial charge in [-0.3, -0.25) is 9.59 Å². The second-order valence-corrected chi connectivity index (χ2v) is 10.9. The van der Waals surface area contributed by atoms with Gasteiger partial charge < -0.3 is 10.8 Å². The maximum Gasteiger partial charge on any atom is 0.317 e. The van der Waals surface area contributed by atoms with Crippen molar-refractivity contribution in [1.29, 1.82) is 0 Å². The van der Waals surface area contributed by atoms with Crippen LogP contribution < -0.4 is 5.73 Å². The second kappa shape index (κ2) is 8.08. The van der Waals surface area contributed by atoms with Crippen LogP contribution in [0.3, 0.4) is 0 Å². The molecule has 0 saturated heterocycles. The number of Topliss-reactive ketones (excluding diaryl/α,β-unsaturated/α-hetero) is 1. The summed E-state index contributed by atoms with van der Waals surface area (Å²) in [5, 5.41) is 7.60. The molecule has 4 aliphatic rings. The Balaban J connectivity index is 0.000000403. The molecule has 4 aliphatic carbocycles. The summed E-state index contributed by atoms with van der Waals surface area (Å²) in [6.45, 7) is 9.17. The van der Waals surface area contributed by atoms with Crippen molar-refractivity contribution in [2.24, 2.45) is 52.1 Å². The SMILES string of the molecule is CC(=O)C1CCC2C3CCC4CC(C)CCC4(C)C3CCC12C.NCC(=O)O. The van der Waals surface area contributed by atoms with Crippen LogP contribution >= 0.6 is 0 Å². The zero-order valence-corrected chi connectivity index (χ0v) is 18.4. The van der Waals surface area contributed by atoms with Crippen molar-refractivity contribution in [3.05, 3.63) is 0 Å². The van der Waals surface area contributed by atoms with E-state index in [0.717, 1.165) is 29.6 Å². The van der Waals surface area contributed by atoms with Gasteiger partial charge in [0, 0.05) is 5.92 Å². The molecule has 28 heavy (non-hydrogen) atoms. The second-order valence-electron chi connectivity index (χ2n) is 10.9. The number of carboxylic acid groups (broad SMARTS) is 1. The summed E-state index contributed by atoms with van der Waals surface area (Å²) >= 11 is 0.